The first-order valence-corrected chi connectivity index (χ1v) is 6.87. The molecule has 0 bridgehead atoms. The summed E-state index contributed by atoms with van der Waals surface area (Å²) in [6.07, 6.45) is 2.83. The third-order valence-electron chi connectivity index (χ3n) is 3.31. The van der Waals surface area contributed by atoms with E-state index in [2.05, 4.69) is 0 Å². The Hall–Kier alpha value is -1.26. The Balaban J connectivity index is 1.98. The van der Waals surface area contributed by atoms with Crippen LogP contribution in [0.2, 0.25) is 5.02 Å². The van der Waals surface area contributed by atoms with Crippen LogP contribution in [0.15, 0.2) is 18.2 Å². The number of carbonyl (C=O) groups excluding carboxylic acids is 1. The van der Waals surface area contributed by atoms with Crippen LogP contribution in [0.3, 0.4) is 0 Å². The molecule has 0 heterocycles. The smallest absolute Gasteiger partial charge is 0.260 e. The molecule has 1 amide bonds. The highest BCUT2D eigenvalue weighted by atomic mass is 35.5. The number of amides is 1. The van der Waals surface area contributed by atoms with Gasteiger partial charge in [0.15, 0.2) is 6.61 Å². The van der Waals surface area contributed by atoms with Crippen LogP contribution >= 0.6 is 11.6 Å². The Labute approximate surface area is 118 Å². The number of nitrogens with zero attached hydrogens (tertiary/aromatic N) is 1. The summed E-state index contributed by atoms with van der Waals surface area (Å²) in [5.74, 6) is 0.650. The lowest BCUT2D eigenvalue weighted by Crippen LogP contribution is -2.33. The van der Waals surface area contributed by atoms with Crippen LogP contribution in [0.4, 0.5) is 0 Å². The van der Waals surface area contributed by atoms with Crippen molar-refractivity contribution in [1.82, 2.24) is 4.90 Å². The van der Waals surface area contributed by atoms with Gasteiger partial charge in [-0.15, -0.1) is 0 Å². The normalized spacial score (nSPS) is 14.3. The zero-order valence-corrected chi connectivity index (χ0v) is 11.8. The molecule has 4 nitrogen and oxygen atoms in total. The molecule has 0 atom stereocenters. The van der Waals surface area contributed by atoms with Crippen molar-refractivity contribution in [2.75, 3.05) is 20.2 Å². The summed E-state index contributed by atoms with van der Waals surface area (Å²) in [4.78, 5) is 13.7. The number of benzene rings is 1. The van der Waals surface area contributed by atoms with Crippen LogP contribution < -0.4 is 10.5 Å². The second-order valence-corrected chi connectivity index (χ2v) is 5.19. The molecule has 1 aliphatic carbocycles. The van der Waals surface area contributed by atoms with Crippen LogP contribution in [-0.4, -0.2) is 37.0 Å². The van der Waals surface area contributed by atoms with Gasteiger partial charge in [-0.3, -0.25) is 4.79 Å². The molecule has 0 unspecified atom stereocenters. The van der Waals surface area contributed by atoms with Crippen LogP contribution in [0, 0.1) is 0 Å². The molecule has 1 aromatic rings. The molecule has 0 aromatic heterocycles. The first-order valence-electron chi connectivity index (χ1n) is 6.49. The van der Waals surface area contributed by atoms with E-state index in [4.69, 9.17) is 22.1 Å². The van der Waals surface area contributed by atoms with Crippen LogP contribution in [-0.2, 0) is 11.2 Å². The number of carbonyl (C=O) groups is 1. The molecule has 19 heavy (non-hydrogen) atoms. The average molecular weight is 283 g/mol. The lowest BCUT2D eigenvalue weighted by Gasteiger charge is -2.17. The third-order valence-corrected chi connectivity index (χ3v) is 3.66. The van der Waals surface area contributed by atoms with Gasteiger partial charge in [0.05, 0.1) is 0 Å². The molecule has 2 rings (SSSR count). The van der Waals surface area contributed by atoms with E-state index in [1.165, 1.54) is 0 Å². The van der Waals surface area contributed by atoms with Gasteiger partial charge in [-0.05, 0) is 37.9 Å². The van der Waals surface area contributed by atoms with E-state index >= 15 is 0 Å². The highest BCUT2D eigenvalue weighted by molar-refractivity contribution is 6.31. The summed E-state index contributed by atoms with van der Waals surface area (Å²) in [7, 11) is 1.82. The number of ether oxygens (including phenoxy) is 1. The zero-order valence-electron chi connectivity index (χ0n) is 11.1. The summed E-state index contributed by atoms with van der Waals surface area (Å²) in [6, 6.07) is 5.84. The Morgan fingerprint density at radius 2 is 2.26 bits per heavy atom. The first-order chi connectivity index (χ1) is 9.13. The number of hydrogen-bond donors (Lipinski definition) is 1. The molecule has 1 aromatic carbocycles. The van der Waals surface area contributed by atoms with E-state index in [0.29, 0.717) is 29.8 Å². The molecular weight excluding hydrogens is 264 g/mol. The van der Waals surface area contributed by atoms with Gasteiger partial charge in [0.25, 0.3) is 5.91 Å². The highest BCUT2D eigenvalue weighted by Gasteiger charge is 2.29. The predicted octanol–water partition coefficient (Wildman–Crippen LogP) is 1.84. The molecule has 0 aliphatic heterocycles. The highest BCUT2D eigenvalue weighted by Crippen LogP contribution is 2.28. The van der Waals surface area contributed by atoms with Gasteiger partial charge < -0.3 is 15.4 Å². The van der Waals surface area contributed by atoms with Crippen LogP contribution in [0.25, 0.3) is 0 Å². The fourth-order valence-corrected chi connectivity index (χ4v) is 2.23. The standard InChI is InChI=1S/C14H19ClN2O2/c1-17(10-5-6-10)14(18)9-19-13-4-2-3-12(15)11(13)7-8-16/h2-4,10H,5-9,16H2,1H3. The van der Waals surface area contributed by atoms with Gasteiger partial charge >= 0.3 is 0 Å². The van der Waals surface area contributed by atoms with Crippen molar-refractivity contribution >= 4 is 17.5 Å². The van der Waals surface area contributed by atoms with E-state index in [1.807, 2.05) is 19.2 Å². The summed E-state index contributed by atoms with van der Waals surface area (Å²) in [5, 5.41) is 0.631. The maximum absolute atomic E-state index is 11.9. The van der Waals surface area contributed by atoms with Gasteiger partial charge in [-0.1, -0.05) is 17.7 Å². The minimum absolute atomic E-state index is 0.00109. The molecule has 1 fully saturated rings. The van der Waals surface area contributed by atoms with Crippen molar-refractivity contribution in [1.29, 1.82) is 0 Å². The molecule has 0 saturated heterocycles. The number of hydrogen-bond acceptors (Lipinski definition) is 3. The fourth-order valence-electron chi connectivity index (χ4n) is 1.97. The molecule has 2 N–H and O–H groups in total. The quantitative estimate of drug-likeness (QED) is 0.866. The van der Waals surface area contributed by atoms with E-state index in [9.17, 15) is 4.79 Å². The summed E-state index contributed by atoms with van der Waals surface area (Å²) in [6.45, 7) is 0.543. The molecule has 104 valence electrons. The van der Waals surface area contributed by atoms with Crippen molar-refractivity contribution < 1.29 is 9.53 Å². The van der Waals surface area contributed by atoms with E-state index < -0.39 is 0 Å². The van der Waals surface area contributed by atoms with Crippen molar-refractivity contribution in [3.05, 3.63) is 28.8 Å². The van der Waals surface area contributed by atoms with E-state index in [1.54, 1.807) is 11.0 Å². The SMILES string of the molecule is CN(C(=O)COc1cccc(Cl)c1CCN)C1CC1. The summed E-state index contributed by atoms with van der Waals surface area (Å²) in [5.41, 5.74) is 6.43. The van der Waals surface area contributed by atoms with Crippen molar-refractivity contribution in [2.45, 2.75) is 25.3 Å². The van der Waals surface area contributed by atoms with Gasteiger partial charge in [0, 0.05) is 23.7 Å². The molecule has 0 radical (unpaired) electrons. The predicted molar refractivity (Wildman–Crippen MR) is 75.5 cm³/mol. The van der Waals surface area contributed by atoms with Crippen molar-refractivity contribution in [2.24, 2.45) is 5.73 Å². The summed E-state index contributed by atoms with van der Waals surface area (Å²) < 4.78 is 5.60. The minimum Gasteiger partial charge on any atom is -0.483 e. The van der Waals surface area contributed by atoms with Crippen molar-refractivity contribution in [3.8, 4) is 5.75 Å². The summed E-state index contributed by atoms with van der Waals surface area (Å²) >= 11 is 6.12. The number of halogens is 1. The Kier molecular flexibility index (Phi) is 4.66. The number of likely N-dealkylation sites (N-methyl/N-ethyl adjacent to an activating group) is 1. The van der Waals surface area contributed by atoms with E-state index in [-0.39, 0.29) is 12.5 Å². The van der Waals surface area contributed by atoms with Crippen molar-refractivity contribution in [3.63, 3.8) is 0 Å². The first kappa shape index (κ1) is 14.2. The second-order valence-electron chi connectivity index (χ2n) is 4.78. The molecule has 5 heteroatoms. The topological polar surface area (TPSA) is 55.6 Å². The monoisotopic (exact) mass is 282 g/mol. The maximum Gasteiger partial charge on any atom is 0.260 e. The fraction of sp³-hybridized carbons (Fsp3) is 0.500. The second kappa shape index (κ2) is 6.26. The van der Waals surface area contributed by atoms with Crippen LogP contribution in [0.5, 0.6) is 5.75 Å². The van der Waals surface area contributed by atoms with Crippen LogP contribution in [0.1, 0.15) is 18.4 Å². The Morgan fingerprint density at radius 1 is 1.53 bits per heavy atom. The van der Waals surface area contributed by atoms with Gasteiger partial charge in [-0.2, -0.15) is 0 Å². The Morgan fingerprint density at radius 3 is 2.89 bits per heavy atom. The molecule has 1 aliphatic rings. The van der Waals surface area contributed by atoms with Gasteiger partial charge in [-0.25, -0.2) is 0 Å². The van der Waals surface area contributed by atoms with Gasteiger partial charge in [0.2, 0.25) is 0 Å². The molecule has 0 spiro atoms. The third kappa shape index (κ3) is 3.61. The maximum atomic E-state index is 11.9. The van der Waals surface area contributed by atoms with E-state index in [0.717, 1.165) is 18.4 Å². The Bertz CT molecular complexity index is 461. The lowest BCUT2D eigenvalue weighted by molar-refractivity contribution is -0.132. The average Bonchev–Trinajstić information content (AvgIpc) is 3.22. The molecular formula is C14H19ClN2O2. The number of rotatable bonds is 6. The molecule has 1 saturated carbocycles. The minimum atomic E-state index is 0.00109. The van der Waals surface area contributed by atoms with Gasteiger partial charge in [0.1, 0.15) is 5.75 Å². The zero-order chi connectivity index (χ0) is 13.8. The number of nitrogens with two attached hydrogens (primary N) is 1. The largest absolute Gasteiger partial charge is 0.483 e. The lowest BCUT2D eigenvalue weighted by atomic mass is 10.1.